The van der Waals surface area contributed by atoms with E-state index in [1.54, 1.807) is 12.1 Å². The van der Waals surface area contributed by atoms with E-state index in [1.165, 1.54) is 19.3 Å². The Hall–Kier alpha value is -1.02. The molecule has 0 aromatic heterocycles. The molecule has 17 heavy (non-hydrogen) atoms. The summed E-state index contributed by atoms with van der Waals surface area (Å²) in [4.78, 5) is 14.2. The quantitative estimate of drug-likeness (QED) is 0.745. The topological polar surface area (TPSA) is 20.3 Å². The van der Waals surface area contributed by atoms with Gasteiger partial charge in [-0.15, -0.1) is 0 Å². The van der Waals surface area contributed by atoms with Gasteiger partial charge in [0.2, 0.25) is 0 Å². The Balaban J connectivity index is 2.07. The number of amides is 1. The van der Waals surface area contributed by atoms with Gasteiger partial charge < -0.3 is 4.90 Å². The third kappa shape index (κ3) is 3.47. The molecule has 92 valence electrons. The predicted octanol–water partition coefficient (Wildman–Crippen LogP) is 3.75. The summed E-state index contributed by atoms with van der Waals surface area (Å²) >= 11 is 5.92. The van der Waals surface area contributed by atoms with Crippen molar-refractivity contribution >= 4 is 17.5 Å². The number of nitrogens with zero attached hydrogens (tertiary/aromatic N) is 1. The molecule has 0 bridgehead atoms. The van der Waals surface area contributed by atoms with E-state index in [2.05, 4.69) is 0 Å². The Morgan fingerprint density at radius 3 is 2.35 bits per heavy atom. The van der Waals surface area contributed by atoms with Gasteiger partial charge in [-0.2, -0.15) is 0 Å². The fourth-order valence-electron chi connectivity index (χ4n) is 2.25. The molecule has 1 aliphatic rings. The van der Waals surface area contributed by atoms with Crippen LogP contribution in [0.25, 0.3) is 0 Å². The number of benzene rings is 1. The average Bonchev–Trinajstić information content (AvgIpc) is 2.28. The Morgan fingerprint density at radius 2 is 1.71 bits per heavy atom. The van der Waals surface area contributed by atoms with Crippen LogP contribution in [0, 0.1) is 0 Å². The van der Waals surface area contributed by atoms with Crippen molar-refractivity contribution in [2.75, 3.05) is 13.1 Å². The number of likely N-dealkylation sites (tertiary alicyclic amines) is 1. The summed E-state index contributed by atoms with van der Waals surface area (Å²) < 4.78 is 0. The maximum atomic E-state index is 12.3. The lowest BCUT2D eigenvalue weighted by Crippen LogP contribution is -2.33. The predicted molar refractivity (Wildman–Crippen MR) is 70.4 cm³/mol. The monoisotopic (exact) mass is 251 g/mol. The first kappa shape index (κ1) is 12.4. The minimum absolute atomic E-state index is 0.120. The molecule has 1 aromatic carbocycles. The second-order valence-corrected chi connectivity index (χ2v) is 5.01. The van der Waals surface area contributed by atoms with Crippen LogP contribution in [0.4, 0.5) is 0 Å². The van der Waals surface area contributed by atoms with Crippen molar-refractivity contribution in [2.45, 2.75) is 32.1 Å². The number of hydrogen-bond donors (Lipinski definition) is 0. The molecule has 0 atom stereocenters. The van der Waals surface area contributed by atoms with Crippen LogP contribution in [0.1, 0.15) is 42.5 Å². The Morgan fingerprint density at radius 1 is 1.06 bits per heavy atom. The largest absolute Gasteiger partial charge is 0.339 e. The minimum atomic E-state index is 0.120. The molecule has 0 spiro atoms. The molecule has 0 aliphatic carbocycles. The van der Waals surface area contributed by atoms with Crippen LogP contribution in [0.3, 0.4) is 0 Å². The van der Waals surface area contributed by atoms with Gasteiger partial charge in [0.25, 0.3) is 5.91 Å². The summed E-state index contributed by atoms with van der Waals surface area (Å²) in [6, 6.07) is 7.22. The summed E-state index contributed by atoms with van der Waals surface area (Å²) in [5.74, 6) is 0.120. The maximum Gasteiger partial charge on any atom is 0.253 e. The second-order valence-electron chi connectivity index (χ2n) is 4.57. The van der Waals surface area contributed by atoms with Gasteiger partial charge in [-0.3, -0.25) is 4.79 Å². The van der Waals surface area contributed by atoms with Crippen molar-refractivity contribution in [2.24, 2.45) is 0 Å². The molecule has 0 saturated carbocycles. The standard InChI is InChI=1S/C14H18ClNO/c15-13-8-6-7-12(11-13)14(17)16-9-4-2-1-3-5-10-16/h6-8,11H,1-5,9-10H2. The number of halogens is 1. The molecule has 1 saturated heterocycles. The molecule has 0 N–H and O–H groups in total. The van der Waals surface area contributed by atoms with E-state index >= 15 is 0 Å². The highest BCUT2D eigenvalue weighted by atomic mass is 35.5. The molecule has 1 amide bonds. The van der Waals surface area contributed by atoms with Crippen molar-refractivity contribution in [3.8, 4) is 0 Å². The van der Waals surface area contributed by atoms with Gasteiger partial charge in [-0.25, -0.2) is 0 Å². The molecule has 0 unspecified atom stereocenters. The molecule has 3 heteroatoms. The second kappa shape index (κ2) is 6.06. The zero-order valence-corrected chi connectivity index (χ0v) is 10.7. The average molecular weight is 252 g/mol. The SMILES string of the molecule is O=C(c1cccc(Cl)c1)N1CCCCCCC1. The van der Waals surface area contributed by atoms with Crippen LogP contribution in [-0.2, 0) is 0 Å². The fraction of sp³-hybridized carbons (Fsp3) is 0.500. The van der Waals surface area contributed by atoms with Crippen molar-refractivity contribution in [3.63, 3.8) is 0 Å². The normalized spacial score (nSPS) is 17.4. The summed E-state index contributed by atoms with van der Waals surface area (Å²) in [5.41, 5.74) is 0.707. The Kier molecular flexibility index (Phi) is 4.43. The van der Waals surface area contributed by atoms with Gasteiger partial charge in [0.05, 0.1) is 0 Å². The third-order valence-corrected chi connectivity index (χ3v) is 3.45. The minimum Gasteiger partial charge on any atom is -0.339 e. The molecule has 1 heterocycles. The van der Waals surface area contributed by atoms with Gasteiger partial charge in [0.15, 0.2) is 0 Å². The summed E-state index contributed by atoms with van der Waals surface area (Å²) in [6.07, 6.45) is 6.01. The van der Waals surface area contributed by atoms with Crippen LogP contribution in [0.2, 0.25) is 5.02 Å². The molecular formula is C14H18ClNO. The van der Waals surface area contributed by atoms with Crippen LogP contribution < -0.4 is 0 Å². The molecule has 1 aliphatic heterocycles. The zero-order chi connectivity index (χ0) is 12.1. The van der Waals surface area contributed by atoms with Gasteiger partial charge in [0, 0.05) is 23.7 Å². The molecule has 0 radical (unpaired) electrons. The van der Waals surface area contributed by atoms with E-state index in [4.69, 9.17) is 11.6 Å². The number of carbonyl (C=O) groups excluding carboxylic acids is 1. The molecular weight excluding hydrogens is 234 g/mol. The zero-order valence-electron chi connectivity index (χ0n) is 9.99. The lowest BCUT2D eigenvalue weighted by molar-refractivity contribution is 0.0742. The van der Waals surface area contributed by atoms with Crippen molar-refractivity contribution in [1.82, 2.24) is 4.90 Å². The van der Waals surface area contributed by atoms with E-state index in [0.29, 0.717) is 10.6 Å². The Bertz CT molecular complexity index is 384. The van der Waals surface area contributed by atoms with Crippen LogP contribution in [0.15, 0.2) is 24.3 Å². The summed E-state index contributed by atoms with van der Waals surface area (Å²) in [7, 11) is 0. The van der Waals surface area contributed by atoms with E-state index in [-0.39, 0.29) is 5.91 Å². The van der Waals surface area contributed by atoms with Gasteiger partial charge >= 0.3 is 0 Å². The van der Waals surface area contributed by atoms with Crippen LogP contribution >= 0.6 is 11.6 Å². The van der Waals surface area contributed by atoms with E-state index < -0.39 is 0 Å². The highest BCUT2D eigenvalue weighted by Gasteiger charge is 2.16. The third-order valence-electron chi connectivity index (χ3n) is 3.21. The van der Waals surface area contributed by atoms with Gasteiger partial charge in [-0.1, -0.05) is 36.9 Å². The smallest absolute Gasteiger partial charge is 0.253 e. The summed E-state index contributed by atoms with van der Waals surface area (Å²) in [5, 5.41) is 0.628. The van der Waals surface area contributed by atoms with E-state index in [0.717, 1.165) is 25.9 Å². The van der Waals surface area contributed by atoms with Crippen LogP contribution in [0.5, 0.6) is 0 Å². The van der Waals surface area contributed by atoms with Gasteiger partial charge in [0.1, 0.15) is 0 Å². The highest BCUT2D eigenvalue weighted by Crippen LogP contribution is 2.16. The maximum absolute atomic E-state index is 12.3. The molecule has 2 rings (SSSR count). The first-order valence-corrected chi connectivity index (χ1v) is 6.70. The fourth-order valence-corrected chi connectivity index (χ4v) is 2.44. The number of hydrogen-bond acceptors (Lipinski definition) is 1. The molecule has 1 fully saturated rings. The summed E-state index contributed by atoms with van der Waals surface area (Å²) in [6.45, 7) is 1.76. The van der Waals surface area contributed by atoms with E-state index in [9.17, 15) is 4.79 Å². The first-order valence-electron chi connectivity index (χ1n) is 6.32. The van der Waals surface area contributed by atoms with Gasteiger partial charge in [-0.05, 0) is 31.0 Å². The number of carbonyl (C=O) groups is 1. The van der Waals surface area contributed by atoms with Crippen molar-refractivity contribution in [1.29, 1.82) is 0 Å². The van der Waals surface area contributed by atoms with Crippen LogP contribution in [-0.4, -0.2) is 23.9 Å². The number of rotatable bonds is 1. The lowest BCUT2D eigenvalue weighted by atomic mass is 10.1. The molecule has 2 nitrogen and oxygen atoms in total. The highest BCUT2D eigenvalue weighted by molar-refractivity contribution is 6.30. The van der Waals surface area contributed by atoms with E-state index in [1.807, 2.05) is 17.0 Å². The van der Waals surface area contributed by atoms with Crippen molar-refractivity contribution in [3.05, 3.63) is 34.9 Å². The molecule has 1 aromatic rings. The lowest BCUT2D eigenvalue weighted by Gasteiger charge is -2.24. The first-order chi connectivity index (χ1) is 8.27. The Labute approximate surface area is 108 Å². The van der Waals surface area contributed by atoms with Crippen molar-refractivity contribution < 1.29 is 4.79 Å².